The molecule has 2 atom stereocenters. The molecule has 60 heavy (non-hydrogen) atoms. The van der Waals surface area contributed by atoms with E-state index in [1.807, 2.05) is 26.0 Å². The predicted octanol–water partition coefficient (Wildman–Crippen LogP) is 9.02. The zero-order valence-electron chi connectivity index (χ0n) is 33.9. The van der Waals surface area contributed by atoms with Crippen molar-refractivity contribution in [2.75, 3.05) is 32.6 Å². The van der Waals surface area contributed by atoms with E-state index >= 15 is 0 Å². The molecule has 0 aliphatic carbocycles. The van der Waals surface area contributed by atoms with E-state index in [9.17, 15) is 28.0 Å². The first kappa shape index (κ1) is 48.6. The minimum Gasteiger partial charge on any atom is -0.478 e. The van der Waals surface area contributed by atoms with E-state index in [1.54, 1.807) is 28.0 Å². The molecular weight excluding hydrogens is 817 g/mol. The van der Waals surface area contributed by atoms with Crippen LogP contribution >= 0.6 is 23.2 Å². The van der Waals surface area contributed by atoms with Crippen molar-refractivity contribution in [3.8, 4) is 0 Å². The van der Waals surface area contributed by atoms with Crippen molar-refractivity contribution in [3.05, 3.63) is 153 Å². The Kier molecular flexibility index (Phi) is 20.3. The summed E-state index contributed by atoms with van der Waals surface area (Å²) in [5, 5.41) is 11.4. The second-order valence-electron chi connectivity index (χ2n) is 13.6. The molecule has 0 saturated carbocycles. The third-order valence-corrected chi connectivity index (χ3v) is 9.32. The Bertz CT molecular complexity index is 2100. The van der Waals surface area contributed by atoms with E-state index in [1.165, 1.54) is 79.5 Å². The van der Waals surface area contributed by atoms with Gasteiger partial charge in [-0.15, -0.1) is 23.2 Å². The fraction of sp³-hybridized carbons (Fsp3) is 0.289. The molecule has 3 amide bonds. The van der Waals surface area contributed by atoms with Crippen molar-refractivity contribution in [2.24, 2.45) is 5.73 Å². The molecule has 4 aromatic rings. The van der Waals surface area contributed by atoms with E-state index in [2.05, 4.69) is 29.6 Å². The minimum atomic E-state index is -1.01. The normalized spacial score (nSPS) is 13.8. The molecule has 15 heteroatoms. The zero-order chi connectivity index (χ0) is 44.2. The zero-order valence-corrected chi connectivity index (χ0v) is 35.4. The van der Waals surface area contributed by atoms with E-state index in [-0.39, 0.29) is 47.2 Å². The van der Waals surface area contributed by atoms with Gasteiger partial charge in [0.25, 0.3) is 0 Å². The summed E-state index contributed by atoms with van der Waals surface area (Å²) in [5.41, 5.74) is 14.1. The van der Waals surface area contributed by atoms with E-state index in [0.29, 0.717) is 25.2 Å². The molecule has 2 unspecified atom stereocenters. The van der Waals surface area contributed by atoms with Crippen LogP contribution in [0.25, 0.3) is 12.2 Å². The molecule has 6 rings (SSSR count). The molecule has 0 radical (unpaired) electrons. The molecule has 0 spiro atoms. The van der Waals surface area contributed by atoms with Crippen LogP contribution in [0.4, 0.5) is 18.4 Å². The SMILES string of the molecule is COC(=O)N1CCc2ccc(C(C)N)cc2C1.COC(=O)N1CCc2ccc(C(C)NC(=O)/C=C/c3ccc(F)cc3)cc2C1.ClCCl.O=C(O)/C=C/c1ccc(F)cc1. The molecule has 11 nitrogen and oxygen atoms in total. The van der Waals surface area contributed by atoms with Crippen molar-refractivity contribution in [2.45, 2.75) is 51.9 Å². The summed E-state index contributed by atoms with van der Waals surface area (Å²) in [7, 11) is 2.79. The molecule has 4 N–H and O–H groups in total. The van der Waals surface area contributed by atoms with Gasteiger partial charge in [0.15, 0.2) is 0 Å². The fourth-order valence-electron chi connectivity index (χ4n) is 6.11. The number of alkyl halides is 2. The Morgan fingerprint density at radius 2 is 1.13 bits per heavy atom. The molecule has 2 aliphatic rings. The second kappa shape index (κ2) is 25.0. The van der Waals surface area contributed by atoms with Crippen LogP contribution in [-0.2, 0) is 45.0 Å². The van der Waals surface area contributed by atoms with Crippen LogP contribution in [0.1, 0.15) is 70.4 Å². The Balaban J connectivity index is 0.000000254. The Morgan fingerprint density at radius 3 is 1.55 bits per heavy atom. The first-order valence-corrected chi connectivity index (χ1v) is 19.9. The number of nitrogens with one attached hydrogen (secondary N) is 1. The number of rotatable bonds is 7. The monoisotopic (exact) mass is 866 g/mol. The summed E-state index contributed by atoms with van der Waals surface area (Å²) in [5.74, 6) is -1.89. The number of aliphatic carboxylic acids is 1. The Hall–Kier alpha value is -5.76. The van der Waals surface area contributed by atoms with Crippen LogP contribution in [0, 0.1) is 11.6 Å². The number of methoxy groups -OCH3 is 2. The highest BCUT2D eigenvalue weighted by Crippen LogP contribution is 2.25. The number of carboxylic acid groups (broad SMARTS) is 1. The second-order valence-corrected chi connectivity index (χ2v) is 14.4. The van der Waals surface area contributed by atoms with Gasteiger partial charge < -0.3 is 35.4 Å². The number of nitrogens with two attached hydrogens (primary N) is 1. The number of halogens is 4. The average Bonchev–Trinajstić information content (AvgIpc) is 3.25. The number of benzene rings is 4. The maximum atomic E-state index is 12.9. The highest BCUT2D eigenvalue weighted by Gasteiger charge is 2.23. The molecule has 0 saturated heterocycles. The van der Waals surface area contributed by atoms with Crippen LogP contribution in [0.15, 0.2) is 97.1 Å². The summed E-state index contributed by atoms with van der Waals surface area (Å²) >= 11 is 9.53. The predicted molar refractivity (Wildman–Crippen MR) is 230 cm³/mol. The van der Waals surface area contributed by atoms with Gasteiger partial charge in [0.2, 0.25) is 5.91 Å². The van der Waals surface area contributed by atoms with Crippen LogP contribution in [0.3, 0.4) is 0 Å². The number of carbonyl (C=O) groups is 4. The minimum absolute atomic E-state index is 0.0220. The Labute approximate surface area is 359 Å². The third-order valence-electron chi connectivity index (χ3n) is 9.32. The van der Waals surface area contributed by atoms with Crippen LogP contribution < -0.4 is 11.1 Å². The number of fused-ring (bicyclic) bond motifs is 2. The number of hydrogen-bond acceptors (Lipinski definition) is 7. The number of nitrogens with zero attached hydrogens (tertiary/aromatic N) is 2. The van der Waals surface area contributed by atoms with E-state index in [0.717, 1.165) is 47.7 Å². The highest BCUT2D eigenvalue weighted by molar-refractivity contribution is 6.40. The van der Waals surface area contributed by atoms with Crippen molar-refractivity contribution in [1.82, 2.24) is 15.1 Å². The Morgan fingerprint density at radius 1 is 0.717 bits per heavy atom. The van der Waals surface area contributed by atoms with E-state index < -0.39 is 5.97 Å². The third kappa shape index (κ3) is 16.1. The molecular formula is C45H50Cl2F2N4O7. The summed E-state index contributed by atoms with van der Waals surface area (Å²) in [4.78, 5) is 48.9. The fourth-order valence-corrected chi connectivity index (χ4v) is 6.11. The van der Waals surface area contributed by atoms with Crippen LogP contribution in [0.5, 0.6) is 0 Å². The van der Waals surface area contributed by atoms with Crippen molar-refractivity contribution in [1.29, 1.82) is 0 Å². The molecule has 4 aromatic carbocycles. The van der Waals surface area contributed by atoms with Gasteiger partial charge >= 0.3 is 18.2 Å². The smallest absolute Gasteiger partial charge is 0.409 e. The van der Waals surface area contributed by atoms with Crippen LogP contribution in [0.2, 0.25) is 0 Å². The molecule has 0 aromatic heterocycles. The number of ether oxygens (including phenoxy) is 2. The van der Waals surface area contributed by atoms with Crippen molar-refractivity contribution >= 4 is 59.4 Å². The highest BCUT2D eigenvalue weighted by atomic mass is 35.5. The van der Waals surface area contributed by atoms with Crippen LogP contribution in [-0.4, -0.2) is 71.6 Å². The lowest BCUT2D eigenvalue weighted by molar-refractivity contribution is -0.131. The lowest BCUT2D eigenvalue weighted by Gasteiger charge is -2.28. The number of carbonyl (C=O) groups excluding carboxylic acids is 3. The molecule has 2 heterocycles. The maximum absolute atomic E-state index is 12.9. The van der Waals surface area contributed by atoms with Crippen molar-refractivity contribution < 1.29 is 42.5 Å². The molecule has 2 aliphatic heterocycles. The summed E-state index contributed by atoms with van der Waals surface area (Å²) < 4.78 is 34.8. The standard InChI is InChI=1S/C22H23FN2O3.C13H18N2O2.C9H7FO2.CH2Cl2/c1-15(24-21(26)10-5-16-3-8-20(23)9-4-16)18-7-6-17-11-12-25(22(27)28-2)14-19(17)13-18;1-9(14)11-4-3-10-5-6-15(13(16)17-2)8-12(10)7-11;10-8-4-1-7(2-5-8)3-6-9(11)12;2-1-3/h3-10,13,15H,11-12,14H2,1-2H3,(H,24,26);3-4,7,9H,5-6,8,14H2,1-2H3;1-6H,(H,11,12);1H2/b10-5+;;6-3+;. The van der Waals surface area contributed by atoms with Gasteiger partial charge in [-0.05, 0) is 108 Å². The number of amides is 3. The van der Waals surface area contributed by atoms with Gasteiger partial charge in [0.05, 0.1) is 25.6 Å². The van der Waals surface area contributed by atoms with Gasteiger partial charge in [-0.3, -0.25) is 4.79 Å². The van der Waals surface area contributed by atoms with E-state index in [4.69, 9.17) is 43.5 Å². The average molecular weight is 868 g/mol. The van der Waals surface area contributed by atoms with Gasteiger partial charge in [0, 0.05) is 44.4 Å². The number of carboxylic acids is 1. The molecule has 320 valence electrons. The summed E-state index contributed by atoms with van der Waals surface area (Å²) in [6, 6.07) is 23.7. The number of hydrogen-bond donors (Lipinski definition) is 3. The van der Waals surface area contributed by atoms with Gasteiger partial charge in [-0.1, -0.05) is 60.7 Å². The first-order chi connectivity index (χ1) is 28.7. The summed E-state index contributed by atoms with van der Waals surface area (Å²) in [6.45, 7) is 6.34. The largest absolute Gasteiger partial charge is 0.478 e. The van der Waals surface area contributed by atoms with Crippen molar-refractivity contribution in [3.63, 3.8) is 0 Å². The van der Waals surface area contributed by atoms with Gasteiger partial charge in [0.1, 0.15) is 11.6 Å². The van der Waals surface area contributed by atoms with Gasteiger partial charge in [-0.2, -0.15) is 0 Å². The first-order valence-electron chi connectivity index (χ1n) is 18.8. The maximum Gasteiger partial charge on any atom is 0.409 e. The molecule has 0 bridgehead atoms. The van der Waals surface area contributed by atoms with Gasteiger partial charge in [-0.25, -0.2) is 23.2 Å². The summed E-state index contributed by atoms with van der Waals surface area (Å²) in [6.07, 6.45) is 6.55. The molecule has 0 fully saturated rings. The topological polar surface area (TPSA) is 152 Å². The quantitative estimate of drug-likeness (QED) is 0.123. The lowest BCUT2D eigenvalue weighted by Crippen LogP contribution is -2.36. The lowest BCUT2D eigenvalue weighted by atomic mass is 9.95.